The number of hydrogen-bond donors (Lipinski definition) is 0. The second-order valence-electron chi connectivity index (χ2n) is 11.8. The molecule has 2 aliphatic rings. The number of thiazole rings is 1. The first-order valence-corrected chi connectivity index (χ1v) is 16.1. The van der Waals surface area contributed by atoms with Gasteiger partial charge in [-0.25, -0.2) is 18.2 Å². The Hall–Kier alpha value is -2.91. The van der Waals surface area contributed by atoms with Gasteiger partial charge >= 0.3 is 6.09 Å². The third-order valence-corrected chi connectivity index (χ3v) is 9.92. The lowest BCUT2D eigenvalue weighted by atomic mass is 9.83. The summed E-state index contributed by atoms with van der Waals surface area (Å²) in [4.78, 5) is 19.6. The second-order valence-corrected chi connectivity index (χ2v) is 15.0. The fourth-order valence-corrected chi connectivity index (χ4v) is 7.81. The Morgan fingerprint density at radius 3 is 2.54 bits per heavy atom. The number of piperidine rings is 1. The Labute approximate surface area is 235 Å². The number of aromatic nitrogens is 1. The van der Waals surface area contributed by atoms with Crippen LogP contribution in [0, 0.1) is 5.41 Å². The van der Waals surface area contributed by atoms with Gasteiger partial charge in [0.1, 0.15) is 22.1 Å². The van der Waals surface area contributed by atoms with E-state index in [4.69, 9.17) is 9.47 Å². The van der Waals surface area contributed by atoms with Gasteiger partial charge in [-0.1, -0.05) is 51.1 Å². The Balaban J connectivity index is 1.19. The molecular weight excluding hydrogens is 532 g/mol. The van der Waals surface area contributed by atoms with Crippen LogP contribution in [0.15, 0.2) is 54.7 Å². The van der Waals surface area contributed by atoms with Gasteiger partial charge in [-0.3, -0.25) is 0 Å². The van der Waals surface area contributed by atoms with Crippen LogP contribution in [0.2, 0.25) is 0 Å². The largest absolute Gasteiger partial charge is 0.487 e. The van der Waals surface area contributed by atoms with E-state index in [1.54, 1.807) is 11.1 Å². The monoisotopic (exact) mass is 568 g/mol. The van der Waals surface area contributed by atoms with Crippen LogP contribution >= 0.6 is 11.3 Å². The van der Waals surface area contributed by atoms with E-state index in [1.807, 2.05) is 42.5 Å². The second kappa shape index (κ2) is 10.9. The molecule has 5 rings (SSSR count). The Morgan fingerprint density at radius 1 is 1.08 bits per heavy atom. The third kappa shape index (κ3) is 7.00. The number of fused-ring (bicyclic) bond motifs is 1. The van der Waals surface area contributed by atoms with Crippen LogP contribution in [0.5, 0.6) is 5.75 Å². The maximum atomic E-state index is 12.7. The van der Waals surface area contributed by atoms with Crippen molar-refractivity contribution in [3.8, 4) is 16.2 Å². The highest BCUT2D eigenvalue weighted by Crippen LogP contribution is 2.41. The van der Waals surface area contributed by atoms with Crippen molar-refractivity contribution in [1.29, 1.82) is 0 Å². The van der Waals surface area contributed by atoms with E-state index in [2.05, 4.69) is 31.8 Å². The minimum Gasteiger partial charge on any atom is -0.487 e. The quantitative estimate of drug-likeness (QED) is 0.349. The van der Waals surface area contributed by atoms with Gasteiger partial charge in [0.15, 0.2) is 9.84 Å². The fourth-order valence-electron chi connectivity index (χ4n) is 5.07. The van der Waals surface area contributed by atoms with Crippen LogP contribution in [0.1, 0.15) is 56.2 Å². The molecule has 1 amide bonds. The highest BCUT2D eigenvalue weighted by molar-refractivity contribution is 7.90. The van der Waals surface area contributed by atoms with Crippen molar-refractivity contribution in [2.75, 3.05) is 19.7 Å². The number of carbonyl (C=O) groups is 1. The average Bonchev–Trinajstić information content (AvgIpc) is 3.35. The van der Waals surface area contributed by atoms with E-state index in [-0.39, 0.29) is 28.6 Å². The van der Waals surface area contributed by atoms with Crippen molar-refractivity contribution in [1.82, 2.24) is 9.88 Å². The first-order valence-electron chi connectivity index (χ1n) is 13.4. The standard InChI is InChI=1S/C30H36N2O5S2/c1-29(2,3)21-36-28(33)32-15-13-30(14-16-32)12-11-23-17-24(9-10-25(23)37-30)26-18-31-27(38-26)20-39(34,35)19-22-7-5-4-6-8-22/h4-10,17-18H,11-16,19-21H2,1-3H3. The molecule has 1 spiro atoms. The first-order chi connectivity index (χ1) is 18.5. The van der Waals surface area contributed by atoms with Crippen LogP contribution in [0.4, 0.5) is 4.79 Å². The molecular formula is C30H36N2O5S2. The predicted octanol–water partition coefficient (Wildman–Crippen LogP) is 6.27. The minimum absolute atomic E-state index is 0.0105. The van der Waals surface area contributed by atoms with Crippen molar-refractivity contribution < 1.29 is 22.7 Å². The third-order valence-electron chi connectivity index (χ3n) is 7.21. The number of nitrogens with zero attached hydrogens (tertiary/aromatic N) is 2. The lowest BCUT2D eigenvalue weighted by molar-refractivity contribution is -0.0171. The Bertz CT molecular complexity index is 1420. The van der Waals surface area contributed by atoms with Gasteiger partial charge in [0.2, 0.25) is 0 Å². The molecule has 0 aliphatic carbocycles. The first kappa shape index (κ1) is 27.6. The molecule has 0 unspecified atom stereocenters. The minimum atomic E-state index is -3.31. The molecule has 0 saturated carbocycles. The van der Waals surface area contributed by atoms with Crippen molar-refractivity contribution in [3.05, 3.63) is 70.9 Å². The number of carbonyl (C=O) groups excluding carboxylic acids is 1. The molecule has 39 heavy (non-hydrogen) atoms. The summed E-state index contributed by atoms with van der Waals surface area (Å²) in [6, 6.07) is 15.4. The van der Waals surface area contributed by atoms with Gasteiger partial charge in [-0.15, -0.1) is 11.3 Å². The molecule has 1 aromatic heterocycles. The maximum Gasteiger partial charge on any atom is 0.409 e. The average molecular weight is 569 g/mol. The number of hydrogen-bond acceptors (Lipinski definition) is 7. The van der Waals surface area contributed by atoms with Gasteiger partial charge in [0, 0.05) is 32.1 Å². The molecule has 0 bridgehead atoms. The lowest BCUT2D eigenvalue weighted by Crippen LogP contribution is -2.51. The summed E-state index contributed by atoms with van der Waals surface area (Å²) in [6.07, 6.45) is 4.90. The molecule has 9 heteroatoms. The molecule has 2 aromatic carbocycles. The summed E-state index contributed by atoms with van der Waals surface area (Å²) in [5.74, 6) is 0.837. The molecule has 1 fully saturated rings. The predicted molar refractivity (Wildman–Crippen MR) is 154 cm³/mol. The maximum absolute atomic E-state index is 12.7. The number of benzene rings is 2. The molecule has 0 atom stereocenters. The number of aryl methyl sites for hydroxylation is 1. The van der Waals surface area contributed by atoms with E-state index in [0.29, 0.717) is 24.7 Å². The molecule has 0 N–H and O–H groups in total. The van der Waals surface area contributed by atoms with Crippen LogP contribution in [0.3, 0.4) is 0 Å². The van der Waals surface area contributed by atoms with Crippen molar-refractivity contribution in [2.45, 2.75) is 63.6 Å². The summed E-state index contributed by atoms with van der Waals surface area (Å²) in [5.41, 5.74) is 2.65. The molecule has 0 radical (unpaired) electrons. The zero-order valence-electron chi connectivity index (χ0n) is 22.8. The van der Waals surface area contributed by atoms with Crippen molar-refractivity contribution in [3.63, 3.8) is 0 Å². The molecule has 3 aromatic rings. The summed E-state index contributed by atoms with van der Waals surface area (Å²) < 4.78 is 37.5. The Morgan fingerprint density at radius 2 is 1.82 bits per heavy atom. The van der Waals surface area contributed by atoms with E-state index >= 15 is 0 Å². The highest BCUT2D eigenvalue weighted by atomic mass is 32.2. The van der Waals surface area contributed by atoms with Gasteiger partial charge < -0.3 is 14.4 Å². The smallest absolute Gasteiger partial charge is 0.409 e. The van der Waals surface area contributed by atoms with Crippen LogP contribution < -0.4 is 4.74 Å². The summed E-state index contributed by atoms with van der Waals surface area (Å²) >= 11 is 1.42. The number of sulfone groups is 1. The zero-order chi connectivity index (χ0) is 27.7. The molecule has 7 nitrogen and oxygen atoms in total. The molecule has 2 aliphatic heterocycles. The number of amides is 1. The van der Waals surface area contributed by atoms with Crippen molar-refractivity contribution in [2.24, 2.45) is 5.41 Å². The van der Waals surface area contributed by atoms with Gasteiger partial charge in [-0.2, -0.15) is 0 Å². The van der Waals surface area contributed by atoms with Crippen molar-refractivity contribution >= 4 is 27.3 Å². The van der Waals surface area contributed by atoms with Gasteiger partial charge in [0.05, 0.1) is 17.2 Å². The Kier molecular flexibility index (Phi) is 7.75. The number of likely N-dealkylation sites (tertiary alicyclic amines) is 1. The molecule has 208 valence electrons. The van der Waals surface area contributed by atoms with E-state index in [1.165, 1.54) is 11.3 Å². The van der Waals surface area contributed by atoms with E-state index in [9.17, 15) is 13.2 Å². The zero-order valence-corrected chi connectivity index (χ0v) is 24.4. The SMILES string of the molecule is CC(C)(C)COC(=O)N1CCC2(CCc3cc(-c4cnc(CS(=O)(=O)Cc5ccccc5)s4)ccc3O2)CC1. The molecule has 1 saturated heterocycles. The summed E-state index contributed by atoms with van der Waals surface area (Å²) in [6.45, 7) is 7.83. The van der Waals surface area contributed by atoms with Crippen LogP contribution in [0.25, 0.3) is 10.4 Å². The number of rotatable bonds is 6. The lowest BCUT2D eigenvalue weighted by Gasteiger charge is -2.44. The number of ether oxygens (including phenoxy) is 2. The van der Waals surface area contributed by atoms with Gasteiger partial charge in [-0.05, 0) is 53.1 Å². The highest BCUT2D eigenvalue weighted by Gasteiger charge is 2.41. The van der Waals surface area contributed by atoms with Crippen LogP contribution in [-0.4, -0.2) is 49.7 Å². The van der Waals surface area contributed by atoms with Gasteiger partial charge in [0.25, 0.3) is 0 Å². The van der Waals surface area contributed by atoms with E-state index < -0.39 is 9.84 Å². The van der Waals surface area contributed by atoms with Crippen LogP contribution in [-0.2, 0) is 32.5 Å². The fraction of sp³-hybridized carbons (Fsp3) is 0.467. The topological polar surface area (TPSA) is 85.8 Å². The normalized spacial score (nSPS) is 16.9. The molecule has 3 heterocycles. The summed E-state index contributed by atoms with van der Waals surface area (Å²) in [5, 5.41) is 0.599. The summed E-state index contributed by atoms with van der Waals surface area (Å²) in [7, 11) is -3.31. The van der Waals surface area contributed by atoms with E-state index in [0.717, 1.165) is 53.0 Å².